The second-order valence-corrected chi connectivity index (χ2v) is 7.59. The van der Waals surface area contributed by atoms with Crippen LogP contribution in [0, 0.1) is 0 Å². The average Bonchev–Trinajstić information content (AvgIpc) is 2.45. The van der Waals surface area contributed by atoms with Crippen LogP contribution in [0.4, 0.5) is 4.79 Å². The van der Waals surface area contributed by atoms with E-state index in [1.807, 2.05) is 55.8 Å². The highest BCUT2D eigenvalue weighted by molar-refractivity contribution is 7.99. The van der Waals surface area contributed by atoms with Crippen molar-refractivity contribution >= 4 is 17.9 Å². The predicted molar refractivity (Wildman–Crippen MR) is 86.4 cm³/mol. The van der Waals surface area contributed by atoms with E-state index < -0.39 is 5.60 Å². The van der Waals surface area contributed by atoms with Gasteiger partial charge in [-0.15, -0.1) is 0 Å². The third kappa shape index (κ3) is 5.58. The zero-order valence-electron chi connectivity index (χ0n) is 13.0. The van der Waals surface area contributed by atoms with E-state index in [4.69, 9.17) is 4.74 Å². The standard InChI is InChI=1S/C16H24N2O2S/c1-16(2,3)20-15(19)18-10-7-14(8-11-18)21-12-13-6-4-5-9-17-13/h4-6,9,14H,7-8,10-12H2,1-3H3. The molecule has 0 spiro atoms. The number of ether oxygens (including phenoxy) is 1. The van der Waals surface area contributed by atoms with Gasteiger partial charge < -0.3 is 9.64 Å². The number of rotatable bonds is 3. The van der Waals surface area contributed by atoms with E-state index in [-0.39, 0.29) is 6.09 Å². The number of amides is 1. The van der Waals surface area contributed by atoms with Crippen molar-refractivity contribution in [3.63, 3.8) is 0 Å². The molecule has 0 aliphatic carbocycles. The Morgan fingerprint density at radius 1 is 1.38 bits per heavy atom. The van der Waals surface area contributed by atoms with Crippen molar-refractivity contribution in [1.82, 2.24) is 9.88 Å². The Hall–Kier alpha value is -1.23. The minimum absolute atomic E-state index is 0.185. The number of thioether (sulfide) groups is 1. The lowest BCUT2D eigenvalue weighted by atomic mass is 10.1. The van der Waals surface area contributed by atoms with Crippen LogP contribution in [0.25, 0.3) is 0 Å². The molecule has 1 aliphatic rings. The van der Waals surface area contributed by atoms with E-state index in [1.165, 1.54) is 0 Å². The maximum absolute atomic E-state index is 12.0. The Morgan fingerprint density at radius 3 is 2.67 bits per heavy atom. The Kier molecular flexibility index (Phi) is 5.51. The van der Waals surface area contributed by atoms with Gasteiger partial charge in [0, 0.05) is 30.3 Å². The van der Waals surface area contributed by atoms with Crippen LogP contribution in [0.2, 0.25) is 0 Å². The summed E-state index contributed by atoms with van der Waals surface area (Å²) in [5.41, 5.74) is 0.707. The lowest BCUT2D eigenvalue weighted by Gasteiger charge is -2.33. The number of piperidine rings is 1. The van der Waals surface area contributed by atoms with Gasteiger partial charge in [-0.1, -0.05) is 6.07 Å². The summed E-state index contributed by atoms with van der Waals surface area (Å²) in [5, 5.41) is 0.602. The second kappa shape index (κ2) is 7.16. The first-order chi connectivity index (χ1) is 9.94. The minimum Gasteiger partial charge on any atom is -0.444 e. The van der Waals surface area contributed by atoms with Gasteiger partial charge in [0.15, 0.2) is 0 Å². The maximum atomic E-state index is 12.0. The fourth-order valence-corrected chi connectivity index (χ4v) is 3.34. The van der Waals surface area contributed by atoms with Gasteiger partial charge >= 0.3 is 6.09 Å². The number of hydrogen-bond donors (Lipinski definition) is 0. The molecule has 0 radical (unpaired) electrons. The van der Waals surface area contributed by atoms with Crippen molar-refractivity contribution in [2.45, 2.75) is 50.2 Å². The largest absolute Gasteiger partial charge is 0.444 e. The van der Waals surface area contributed by atoms with Gasteiger partial charge in [-0.25, -0.2) is 4.79 Å². The molecular weight excluding hydrogens is 284 g/mol. The molecule has 0 bridgehead atoms. The lowest BCUT2D eigenvalue weighted by Crippen LogP contribution is -2.42. The molecule has 1 saturated heterocycles. The molecule has 0 unspecified atom stereocenters. The topological polar surface area (TPSA) is 42.4 Å². The summed E-state index contributed by atoms with van der Waals surface area (Å²) < 4.78 is 5.41. The average molecular weight is 308 g/mol. The zero-order chi connectivity index (χ0) is 15.3. The van der Waals surface area contributed by atoms with E-state index in [1.54, 1.807) is 0 Å². The van der Waals surface area contributed by atoms with Crippen LogP contribution in [0.3, 0.4) is 0 Å². The third-order valence-electron chi connectivity index (χ3n) is 3.29. The summed E-state index contributed by atoms with van der Waals surface area (Å²) in [7, 11) is 0. The van der Waals surface area contributed by atoms with Crippen LogP contribution < -0.4 is 0 Å². The number of carbonyl (C=O) groups excluding carboxylic acids is 1. The Morgan fingerprint density at radius 2 is 2.10 bits per heavy atom. The SMILES string of the molecule is CC(C)(C)OC(=O)N1CCC(SCc2ccccn2)CC1. The van der Waals surface area contributed by atoms with Gasteiger partial charge in [0.05, 0.1) is 5.69 Å². The molecule has 1 amide bonds. The van der Waals surface area contributed by atoms with Crippen LogP contribution in [0.15, 0.2) is 24.4 Å². The molecule has 0 aromatic carbocycles. The van der Waals surface area contributed by atoms with Crippen LogP contribution >= 0.6 is 11.8 Å². The van der Waals surface area contributed by atoms with Crippen molar-refractivity contribution in [2.75, 3.05) is 13.1 Å². The zero-order valence-corrected chi connectivity index (χ0v) is 13.9. The maximum Gasteiger partial charge on any atom is 0.410 e. The molecule has 4 nitrogen and oxygen atoms in total. The molecule has 2 rings (SSSR count). The lowest BCUT2D eigenvalue weighted by molar-refractivity contribution is 0.0219. The van der Waals surface area contributed by atoms with Crippen LogP contribution in [-0.4, -0.2) is 39.9 Å². The van der Waals surface area contributed by atoms with Crippen LogP contribution in [-0.2, 0) is 10.5 Å². The molecule has 116 valence electrons. The van der Waals surface area contributed by atoms with Gasteiger partial charge in [-0.2, -0.15) is 11.8 Å². The first-order valence-electron chi connectivity index (χ1n) is 7.43. The first kappa shape index (κ1) is 16.1. The monoisotopic (exact) mass is 308 g/mol. The van der Waals surface area contributed by atoms with Crippen molar-refractivity contribution in [1.29, 1.82) is 0 Å². The molecule has 1 aromatic heterocycles. The highest BCUT2D eigenvalue weighted by Crippen LogP contribution is 2.26. The van der Waals surface area contributed by atoms with Crippen molar-refractivity contribution in [3.05, 3.63) is 30.1 Å². The van der Waals surface area contributed by atoms with E-state index in [2.05, 4.69) is 11.1 Å². The van der Waals surface area contributed by atoms with Gasteiger partial charge in [-0.3, -0.25) is 4.98 Å². The van der Waals surface area contributed by atoms with Crippen LogP contribution in [0.1, 0.15) is 39.3 Å². The van der Waals surface area contributed by atoms with Gasteiger partial charge in [0.2, 0.25) is 0 Å². The molecular formula is C16H24N2O2S. The summed E-state index contributed by atoms with van der Waals surface area (Å²) in [5.74, 6) is 0.942. The minimum atomic E-state index is -0.415. The first-order valence-corrected chi connectivity index (χ1v) is 8.48. The fourth-order valence-electron chi connectivity index (χ4n) is 2.22. The highest BCUT2D eigenvalue weighted by Gasteiger charge is 2.26. The summed E-state index contributed by atoms with van der Waals surface area (Å²) in [6.07, 6.45) is 3.70. The third-order valence-corrected chi connectivity index (χ3v) is 4.69. The van der Waals surface area contributed by atoms with E-state index in [0.717, 1.165) is 37.4 Å². The normalized spacial score (nSPS) is 16.8. The quantitative estimate of drug-likeness (QED) is 0.853. The Balaban J connectivity index is 1.72. The predicted octanol–water partition coefficient (Wildman–Crippen LogP) is 3.71. The molecule has 0 saturated carbocycles. The highest BCUT2D eigenvalue weighted by atomic mass is 32.2. The summed E-state index contributed by atoms with van der Waals surface area (Å²) in [6.45, 7) is 7.28. The number of likely N-dealkylation sites (tertiary alicyclic amines) is 1. The summed E-state index contributed by atoms with van der Waals surface area (Å²) in [6, 6.07) is 6.02. The van der Waals surface area contributed by atoms with E-state index >= 15 is 0 Å². The molecule has 1 aliphatic heterocycles. The number of carbonyl (C=O) groups is 1. The smallest absolute Gasteiger partial charge is 0.410 e. The summed E-state index contributed by atoms with van der Waals surface area (Å²) >= 11 is 1.94. The van der Waals surface area contributed by atoms with Gasteiger partial charge in [-0.05, 0) is 45.7 Å². The molecule has 5 heteroatoms. The molecule has 2 heterocycles. The van der Waals surface area contributed by atoms with Crippen molar-refractivity contribution in [3.8, 4) is 0 Å². The van der Waals surface area contributed by atoms with Gasteiger partial charge in [0.25, 0.3) is 0 Å². The fraction of sp³-hybridized carbons (Fsp3) is 0.625. The summed E-state index contributed by atoms with van der Waals surface area (Å²) in [4.78, 5) is 18.2. The second-order valence-electron chi connectivity index (χ2n) is 6.30. The van der Waals surface area contributed by atoms with Gasteiger partial charge in [0.1, 0.15) is 5.60 Å². The molecule has 0 atom stereocenters. The molecule has 0 N–H and O–H groups in total. The van der Waals surface area contributed by atoms with Crippen molar-refractivity contribution < 1.29 is 9.53 Å². The molecule has 1 aromatic rings. The number of pyridine rings is 1. The molecule has 21 heavy (non-hydrogen) atoms. The van der Waals surface area contributed by atoms with Crippen LogP contribution in [0.5, 0.6) is 0 Å². The number of hydrogen-bond acceptors (Lipinski definition) is 4. The number of nitrogens with zero attached hydrogens (tertiary/aromatic N) is 2. The van der Waals surface area contributed by atoms with E-state index in [9.17, 15) is 4.79 Å². The number of aromatic nitrogens is 1. The molecule has 1 fully saturated rings. The van der Waals surface area contributed by atoms with Crippen molar-refractivity contribution in [2.24, 2.45) is 0 Å². The Bertz CT molecular complexity index is 451. The Labute approximate surface area is 131 Å². The van der Waals surface area contributed by atoms with E-state index in [0.29, 0.717) is 5.25 Å².